The lowest BCUT2D eigenvalue weighted by atomic mass is 9.97. The van der Waals surface area contributed by atoms with E-state index in [1.54, 1.807) is 16.2 Å². The first-order valence-electron chi connectivity index (χ1n) is 8.37. The van der Waals surface area contributed by atoms with Crippen molar-refractivity contribution in [3.63, 3.8) is 0 Å². The molecule has 2 aromatic rings. The van der Waals surface area contributed by atoms with Crippen LogP contribution in [0.3, 0.4) is 0 Å². The number of fused-ring (bicyclic) bond motifs is 1. The molecule has 3 rings (SSSR count). The summed E-state index contributed by atoms with van der Waals surface area (Å²) in [6.45, 7) is 7.09. The predicted molar refractivity (Wildman–Crippen MR) is 96.1 cm³/mol. The summed E-state index contributed by atoms with van der Waals surface area (Å²) in [4.78, 5) is 17.2. The van der Waals surface area contributed by atoms with Gasteiger partial charge in [0.05, 0.1) is 18.4 Å². The Morgan fingerprint density at radius 2 is 2.00 bits per heavy atom. The van der Waals surface area contributed by atoms with Crippen molar-refractivity contribution in [2.24, 2.45) is 18.4 Å². The van der Waals surface area contributed by atoms with Gasteiger partial charge in [-0.25, -0.2) is 9.78 Å². The van der Waals surface area contributed by atoms with E-state index in [1.165, 1.54) is 0 Å². The third kappa shape index (κ3) is 3.95. The Kier molecular flexibility index (Phi) is 4.31. The van der Waals surface area contributed by atoms with Crippen LogP contribution in [-0.2, 0) is 27.9 Å². The second kappa shape index (κ2) is 5.95. The number of hydrogen-bond donors (Lipinski definition) is 0. The molecule has 2 atom stereocenters. The first kappa shape index (κ1) is 18.1. The number of aryl methyl sites for hydroxylation is 1. The van der Waals surface area contributed by atoms with E-state index < -0.39 is 10.1 Å². The van der Waals surface area contributed by atoms with Crippen molar-refractivity contribution in [3.05, 3.63) is 28.3 Å². The molecule has 2 aromatic heterocycles. The van der Waals surface area contributed by atoms with Crippen LogP contribution >= 0.6 is 0 Å². The highest BCUT2D eigenvalue weighted by Gasteiger charge is 2.40. The molecule has 1 saturated carbocycles. The lowest BCUT2D eigenvalue weighted by Crippen LogP contribution is -2.27. The standard InChI is InChI=1S/C17H25N3O4S/c1-17(2,3)10-20-14-7-6-13(18-15(14)19(4)16(20)21)12-8-11(12)9-24-25(5,22)23/h6-7,11-12H,8-10H2,1-5H3/t11-,12+/m0/s1. The lowest BCUT2D eigenvalue weighted by molar-refractivity contribution is 0.302. The Labute approximate surface area is 147 Å². The molecule has 0 spiro atoms. The van der Waals surface area contributed by atoms with E-state index in [0.717, 1.165) is 23.9 Å². The van der Waals surface area contributed by atoms with E-state index in [0.29, 0.717) is 12.2 Å². The van der Waals surface area contributed by atoms with Crippen molar-refractivity contribution in [3.8, 4) is 0 Å². The van der Waals surface area contributed by atoms with E-state index >= 15 is 0 Å². The smallest absolute Gasteiger partial charge is 0.290 e. The Morgan fingerprint density at radius 3 is 2.60 bits per heavy atom. The number of nitrogens with zero attached hydrogens (tertiary/aromatic N) is 3. The molecule has 1 fully saturated rings. The molecule has 25 heavy (non-hydrogen) atoms. The molecule has 0 N–H and O–H groups in total. The van der Waals surface area contributed by atoms with E-state index in [-0.39, 0.29) is 29.5 Å². The molecular formula is C17H25N3O4S. The average molecular weight is 367 g/mol. The summed E-state index contributed by atoms with van der Waals surface area (Å²) in [6, 6.07) is 3.88. The fraction of sp³-hybridized carbons (Fsp3) is 0.647. The third-order valence-electron chi connectivity index (χ3n) is 4.43. The van der Waals surface area contributed by atoms with E-state index in [9.17, 15) is 13.2 Å². The molecule has 0 amide bonds. The average Bonchev–Trinajstić information content (AvgIpc) is 3.23. The van der Waals surface area contributed by atoms with Crippen molar-refractivity contribution in [2.45, 2.75) is 39.7 Å². The van der Waals surface area contributed by atoms with Gasteiger partial charge in [-0.3, -0.25) is 13.3 Å². The van der Waals surface area contributed by atoms with Crippen molar-refractivity contribution in [1.82, 2.24) is 14.1 Å². The highest BCUT2D eigenvalue weighted by atomic mass is 32.2. The minimum absolute atomic E-state index is 0.0125. The summed E-state index contributed by atoms with van der Waals surface area (Å²) in [5.74, 6) is 0.348. The van der Waals surface area contributed by atoms with Gasteiger partial charge in [-0.1, -0.05) is 20.8 Å². The number of pyridine rings is 1. The van der Waals surface area contributed by atoms with E-state index in [1.807, 2.05) is 12.1 Å². The van der Waals surface area contributed by atoms with Gasteiger partial charge in [-0.05, 0) is 29.9 Å². The lowest BCUT2D eigenvalue weighted by Gasteiger charge is -2.18. The van der Waals surface area contributed by atoms with Gasteiger partial charge in [-0.15, -0.1) is 0 Å². The predicted octanol–water partition coefficient (Wildman–Crippen LogP) is 1.86. The Bertz CT molecular complexity index is 966. The van der Waals surface area contributed by atoms with Crippen LogP contribution in [0.5, 0.6) is 0 Å². The normalized spacial score (nSPS) is 21.0. The minimum Gasteiger partial charge on any atom is -0.290 e. The number of aromatic nitrogens is 3. The first-order chi connectivity index (χ1) is 11.5. The third-order valence-corrected chi connectivity index (χ3v) is 5.00. The second-order valence-electron chi connectivity index (χ2n) is 8.16. The Hall–Kier alpha value is -1.67. The van der Waals surface area contributed by atoms with Gasteiger partial charge in [0.2, 0.25) is 0 Å². The molecule has 0 aliphatic heterocycles. The molecule has 0 radical (unpaired) electrons. The molecule has 0 unspecified atom stereocenters. The zero-order valence-electron chi connectivity index (χ0n) is 15.3. The van der Waals surface area contributed by atoms with Crippen LogP contribution in [0, 0.1) is 11.3 Å². The molecule has 138 valence electrons. The van der Waals surface area contributed by atoms with Crippen molar-refractivity contribution in [1.29, 1.82) is 0 Å². The zero-order chi connectivity index (χ0) is 18.6. The monoisotopic (exact) mass is 367 g/mol. The fourth-order valence-corrected chi connectivity index (χ4v) is 3.55. The topological polar surface area (TPSA) is 83.2 Å². The number of hydrogen-bond acceptors (Lipinski definition) is 5. The quantitative estimate of drug-likeness (QED) is 0.753. The molecule has 0 bridgehead atoms. The van der Waals surface area contributed by atoms with Gasteiger partial charge in [0.15, 0.2) is 5.65 Å². The van der Waals surface area contributed by atoms with Gasteiger partial charge in [-0.2, -0.15) is 8.42 Å². The maximum Gasteiger partial charge on any atom is 0.330 e. The summed E-state index contributed by atoms with van der Waals surface area (Å²) in [7, 11) is -1.68. The van der Waals surface area contributed by atoms with Gasteiger partial charge in [0.25, 0.3) is 10.1 Å². The summed E-state index contributed by atoms with van der Waals surface area (Å²) in [5.41, 5.74) is 2.30. The van der Waals surface area contributed by atoms with Gasteiger partial charge in [0, 0.05) is 25.2 Å². The minimum atomic E-state index is -3.42. The number of rotatable bonds is 5. The molecule has 1 aliphatic rings. The molecule has 0 saturated heterocycles. The summed E-state index contributed by atoms with van der Waals surface area (Å²) in [6.07, 6.45) is 1.91. The number of imidazole rings is 1. The molecular weight excluding hydrogens is 342 g/mol. The first-order valence-corrected chi connectivity index (χ1v) is 10.2. The van der Waals surface area contributed by atoms with Crippen LogP contribution in [0.25, 0.3) is 11.2 Å². The zero-order valence-corrected chi connectivity index (χ0v) is 16.1. The van der Waals surface area contributed by atoms with Crippen LogP contribution in [0.4, 0.5) is 0 Å². The SMILES string of the molecule is Cn1c(=O)n(CC(C)(C)C)c2ccc([C@@H]3C[C@H]3COS(C)(=O)=O)nc21. The summed E-state index contributed by atoms with van der Waals surface area (Å²) < 4.78 is 30.4. The highest BCUT2D eigenvalue weighted by Crippen LogP contribution is 2.47. The van der Waals surface area contributed by atoms with Crippen LogP contribution in [0.1, 0.15) is 38.8 Å². The molecule has 7 nitrogen and oxygen atoms in total. The maximum atomic E-state index is 12.5. The molecule has 8 heteroatoms. The molecule has 0 aromatic carbocycles. The fourth-order valence-electron chi connectivity index (χ4n) is 3.13. The maximum absolute atomic E-state index is 12.5. The highest BCUT2D eigenvalue weighted by molar-refractivity contribution is 7.85. The van der Waals surface area contributed by atoms with Crippen LogP contribution in [0.15, 0.2) is 16.9 Å². The Morgan fingerprint density at radius 1 is 1.32 bits per heavy atom. The van der Waals surface area contributed by atoms with Gasteiger partial charge >= 0.3 is 5.69 Å². The second-order valence-corrected chi connectivity index (χ2v) is 9.80. The van der Waals surface area contributed by atoms with E-state index in [4.69, 9.17) is 4.18 Å². The Balaban J connectivity index is 1.87. The molecule has 2 heterocycles. The van der Waals surface area contributed by atoms with Crippen molar-refractivity contribution >= 4 is 21.3 Å². The van der Waals surface area contributed by atoms with Crippen LogP contribution < -0.4 is 5.69 Å². The summed E-state index contributed by atoms with van der Waals surface area (Å²) in [5, 5.41) is 0. The van der Waals surface area contributed by atoms with Crippen LogP contribution in [-0.4, -0.2) is 35.4 Å². The van der Waals surface area contributed by atoms with E-state index in [2.05, 4.69) is 25.8 Å². The van der Waals surface area contributed by atoms with Gasteiger partial charge < -0.3 is 0 Å². The van der Waals surface area contributed by atoms with Crippen molar-refractivity contribution in [2.75, 3.05) is 12.9 Å². The largest absolute Gasteiger partial charge is 0.330 e. The van der Waals surface area contributed by atoms with Crippen molar-refractivity contribution < 1.29 is 12.6 Å². The van der Waals surface area contributed by atoms with Crippen LogP contribution in [0.2, 0.25) is 0 Å². The summed E-state index contributed by atoms with van der Waals surface area (Å²) >= 11 is 0. The molecule has 1 aliphatic carbocycles. The van der Waals surface area contributed by atoms with Gasteiger partial charge in [0.1, 0.15) is 0 Å².